The first-order chi connectivity index (χ1) is 15.8. The van der Waals surface area contributed by atoms with Gasteiger partial charge in [0.15, 0.2) is 5.78 Å². The van der Waals surface area contributed by atoms with Crippen LogP contribution in [0.5, 0.6) is 0 Å². The van der Waals surface area contributed by atoms with Crippen molar-refractivity contribution >= 4 is 11.6 Å². The zero-order valence-electron chi connectivity index (χ0n) is 20.6. The van der Waals surface area contributed by atoms with Crippen molar-refractivity contribution in [3.05, 3.63) is 39.7 Å². The molecule has 0 radical (unpaired) electrons. The van der Waals surface area contributed by atoms with Crippen LogP contribution in [-0.4, -0.2) is 24.2 Å². The fourth-order valence-electron chi connectivity index (χ4n) is 7.82. The lowest BCUT2D eigenvalue weighted by Crippen LogP contribution is -3.11. The van der Waals surface area contributed by atoms with Gasteiger partial charge in [-0.2, -0.15) is 0 Å². The van der Waals surface area contributed by atoms with E-state index in [0.29, 0.717) is 31.7 Å². The lowest BCUT2D eigenvalue weighted by atomic mass is 9.51. The van der Waals surface area contributed by atoms with E-state index in [1.807, 2.05) is 6.08 Å². The zero-order chi connectivity index (χ0) is 23.4. The summed E-state index contributed by atoms with van der Waals surface area (Å²) in [7, 11) is 0. The van der Waals surface area contributed by atoms with Gasteiger partial charge in [-0.3, -0.25) is 9.59 Å². The molecule has 0 saturated heterocycles. The summed E-state index contributed by atoms with van der Waals surface area (Å²) in [5.74, 6) is 0.543. The van der Waals surface area contributed by atoms with E-state index in [9.17, 15) is 14.8 Å². The van der Waals surface area contributed by atoms with Gasteiger partial charge in [-0.25, -0.2) is 10.1 Å². The monoisotopic (exact) mass is 453 g/mol. The van der Waals surface area contributed by atoms with Crippen LogP contribution in [0, 0.1) is 21.5 Å². The number of ketones is 2. The van der Waals surface area contributed by atoms with Gasteiger partial charge in [0.1, 0.15) is 18.4 Å². The molecule has 4 unspecified atom stereocenters. The number of Topliss-reactive ketones (excluding diaryl/α,β-unsaturated/α-hetero) is 1. The van der Waals surface area contributed by atoms with Crippen LogP contribution in [0.3, 0.4) is 0 Å². The first-order valence-electron chi connectivity index (χ1n) is 13.2. The number of hydroxylamine groups is 2. The van der Waals surface area contributed by atoms with Gasteiger partial charge in [0, 0.05) is 30.3 Å². The molecule has 0 heterocycles. The zero-order valence-corrected chi connectivity index (χ0v) is 20.6. The normalized spacial score (nSPS) is 38.4. The minimum atomic E-state index is -0.423. The molecule has 5 aliphatic rings. The Balaban J connectivity index is 1.54. The van der Waals surface area contributed by atoms with E-state index >= 15 is 0 Å². The van der Waals surface area contributed by atoms with E-state index in [2.05, 4.69) is 26.8 Å². The van der Waals surface area contributed by atoms with Gasteiger partial charge in [-0.1, -0.05) is 57.3 Å². The number of quaternary nitrogens is 1. The first-order valence-corrected chi connectivity index (χ1v) is 13.2. The molecule has 5 atom stereocenters. The van der Waals surface area contributed by atoms with Gasteiger partial charge in [-0.15, -0.1) is 0 Å². The second kappa shape index (κ2) is 8.28. The van der Waals surface area contributed by atoms with E-state index in [1.165, 1.54) is 5.57 Å². The standard InChI is InChI=1S/C28H39NO4/c1-4-5-6-7-16-33-29(32)23-18-19-17-20(30)8-14-27(19,3)21-10-15-28-22(25(21)23)9-12-26(28,2)13-11-24(28)31/h9,17,23,29H,4-8,10-16,18H2,1-3H3/t23?,26?,27?,28-/m1/s1. The highest BCUT2D eigenvalue weighted by Gasteiger charge is 2.65. The van der Waals surface area contributed by atoms with Crippen molar-refractivity contribution in [2.45, 2.75) is 104 Å². The number of rotatable bonds is 7. The smallest absolute Gasteiger partial charge is 0.155 e. The molecular weight excluding hydrogens is 414 g/mol. The van der Waals surface area contributed by atoms with Crippen LogP contribution in [0.4, 0.5) is 0 Å². The third kappa shape index (κ3) is 3.30. The first kappa shape index (κ1) is 23.2. The Hall–Kier alpha value is -1.56. The Morgan fingerprint density at radius 2 is 1.91 bits per heavy atom. The highest BCUT2D eigenvalue weighted by Crippen LogP contribution is 2.69. The number of carbonyl (C=O) groups excluding carboxylic acids is 2. The Kier molecular flexibility index (Phi) is 5.82. The van der Waals surface area contributed by atoms with E-state index < -0.39 is 11.5 Å². The quantitative estimate of drug-likeness (QED) is 0.447. The molecule has 0 aromatic rings. The Morgan fingerprint density at radius 3 is 2.70 bits per heavy atom. The number of nitrogens with one attached hydrogen (secondary N) is 1. The van der Waals surface area contributed by atoms with Gasteiger partial charge >= 0.3 is 0 Å². The minimum absolute atomic E-state index is 0.0217. The summed E-state index contributed by atoms with van der Waals surface area (Å²) in [5, 5.41) is 13.3. The SMILES string of the molecule is CCCCCCO[NH+]([O-])C1CC2=CC(=O)CCC2(C)C2=C1C1=CCC3(C)CCC(=O)[C@@]13CC2. The van der Waals surface area contributed by atoms with Gasteiger partial charge < -0.3 is 5.21 Å². The number of allylic oxidation sites excluding steroid dienone is 3. The van der Waals surface area contributed by atoms with Crippen LogP contribution < -0.4 is 5.23 Å². The number of hydrogen-bond acceptors (Lipinski definition) is 4. The van der Waals surface area contributed by atoms with Gasteiger partial charge in [0.05, 0.1) is 5.41 Å². The molecule has 5 nitrogen and oxygen atoms in total. The molecule has 180 valence electrons. The van der Waals surface area contributed by atoms with Crippen molar-refractivity contribution in [2.24, 2.45) is 16.2 Å². The predicted molar refractivity (Wildman–Crippen MR) is 127 cm³/mol. The molecule has 0 bridgehead atoms. The molecule has 1 fully saturated rings. The van der Waals surface area contributed by atoms with Crippen molar-refractivity contribution < 1.29 is 19.7 Å². The van der Waals surface area contributed by atoms with Crippen LogP contribution in [0.15, 0.2) is 34.4 Å². The highest BCUT2D eigenvalue weighted by molar-refractivity contribution is 5.95. The molecule has 33 heavy (non-hydrogen) atoms. The number of carbonyl (C=O) groups is 2. The molecule has 0 aromatic heterocycles. The minimum Gasteiger partial charge on any atom is -0.599 e. The molecule has 0 aromatic carbocycles. The van der Waals surface area contributed by atoms with Crippen molar-refractivity contribution in [1.82, 2.24) is 0 Å². The fourth-order valence-corrected chi connectivity index (χ4v) is 7.82. The third-order valence-electron chi connectivity index (χ3n) is 9.87. The maximum absolute atomic E-state index is 13.5. The average molecular weight is 454 g/mol. The molecular formula is C28H39NO4. The summed E-state index contributed by atoms with van der Waals surface area (Å²) in [4.78, 5) is 31.6. The van der Waals surface area contributed by atoms with Crippen LogP contribution in [-0.2, 0) is 14.4 Å². The second-order valence-corrected chi connectivity index (χ2v) is 11.6. The van der Waals surface area contributed by atoms with Crippen molar-refractivity contribution in [2.75, 3.05) is 6.61 Å². The molecule has 5 aliphatic carbocycles. The molecule has 0 amide bonds. The van der Waals surface area contributed by atoms with E-state index in [-0.39, 0.29) is 21.8 Å². The largest absolute Gasteiger partial charge is 0.599 e. The molecule has 5 heteroatoms. The summed E-state index contributed by atoms with van der Waals surface area (Å²) >= 11 is 0. The lowest BCUT2D eigenvalue weighted by Gasteiger charge is -2.53. The second-order valence-electron chi connectivity index (χ2n) is 11.6. The summed E-state index contributed by atoms with van der Waals surface area (Å²) in [6.45, 7) is 7.16. The Labute approximate surface area is 197 Å². The molecule has 5 rings (SSSR count). The highest BCUT2D eigenvalue weighted by atomic mass is 16.9. The maximum atomic E-state index is 13.5. The van der Waals surface area contributed by atoms with E-state index in [1.54, 1.807) is 0 Å². The van der Waals surface area contributed by atoms with E-state index in [0.717, 1.165) is 74.5 Å². The topological polar surface area (TPSA) is 70.9 Å². The van der Waals surface area contributed by atoms with Crippen molar-refractivity contribution in [3.63, 3.8) is 0 Å². The van der Waals surface area contributed by atoms with Gasteiger partial charge in [0.25, 0.3) is 0 Å². The fraction of sp³-hybridized carbons (Fsp3) is 0.714. The van der Waals surface area contributed by atoms with Crippen molar-refractivity contribution in [1.29, 1.82) is 0 Å². The summed E-state index contributed by atoms with van der Waals surface area (Å²) < 4.78 is 0. The summed E-state index contributed by atoms with van der Waals surface area (Å²) in [5.41, 5.74) is 4.05. The molecule has 1 spiro atoms. The Bertz CT molecular complexity index is 961. The van der Waals surface area contributed by atoms with Gasteiger partial charge in [-0.05, 0) is 55.6 Å². The Morgan fingerprint density at radius 1 is 1.09 bits per heavy atom. The summed E-state index contributed by atoms with van der Waals surface area (Å²) in [6.07, 6.45) is 14.5. The maximum Gasteiger partial charge on any atom is 0.155 e. The van der Waals surface area contributed by atoms with Gasteiger partial charge in [0.2, 0.25) is 0 Å². The van der Waals surface area contributed by atoms with Crippen LogP contribution in [0.2, 0.25) is 0 Å². The lowest BCUT2D eigenvalue weighted by molar-refractivity contribution is -1.07. The van der Waals surface area contributed by atoms with Crippen LogP contribution >= 0.6 is 0 Å². The molecule has 1 saturated carbocycles. The average Bonchev–Trinajstić information content (AvgIpc) is 3.23. The van der Waals surface area contributed by atoms with E-state index in [4.69, 9.17) is 4.84 Å². The molecule has 1 N–H and O–H groups in total. The van der Waals surface area contributed by atoms with Crippen LogP contribution in [0.25, 0.3) is 0 Å². The summed E-state index contributed by atoms with van der Waals surface area (Å²) in [6, 6.07) is -0.393. The predicted octanol–water partition coefficient (Wildman–Crippen LogP) is 4.73. The van der Waals surface area contributed by atoms with Crippen molar-refractivity contribution in [3.8, 4) is 0 Å². The number of fused-ring (bicyclic) bond motifs is 3. The molecule has 0 aliphatic heterocycles. The number of unbranched alkanes of at least 4 members (excludes halogenated alkanes) is 3. The third-order valence-corrected chi connectivity index (χ3v) is 9.87. The van der Waals surface area contributed by atoms with Crippen LogP contribution in [0.1, 0.15) is 97.8 Å². The number of hydrogen-bond donors (Lipinski definition) is 1.